The highest BCUT2D eigenvalue weighted by Gasteiger charge is 2.34. The molecule has 0 fully saturated rings. The first-order valence-electron chi connectivity index (χ1n) is 6.55. The normalized spacial score (nSPS) is 16.5. The van der Waals surface area contributed by atoms with E-state index >= 15 is 0 Å². The van der Waals surface area contributed by atoms with Gasteiger partial charge in [0.2, 0.25) is 11.8 Å². The summed E-state index contributed by atoms with van der Waals surface area (Å²) in [5.74, 6) is -0.349. The Morgan fingerprint density at radius 2 is 2.13 bits per heavy atom. The molecule has 2 heterocycles. The van der Waals surface area contributed by atoms with Crippen LogP contribution < -0.4 is 16.0 Å². The fourth-order valence-electron chi connectivity index (χ4n) is 2.49. The van der Waals surface area contributed by atoms with Crippen molar-refractivity contribution >= 4 is 23.2 Å². The van der Waals surface area contributed by atoms with E-state index in [4.69, 9.17) is 33.7 Å². The SMILES string of the molecule is Cc1nc2c(c(=O)[nH]1)[C@H](c1ccc(Cl)c(Cl)c1)C(C#N)=C(N)O2. The number of nitriles is 1. The van der Waals surface area contributed by atoms with Crippen molar-refractivity contribution in [2.75, 3.05) is 0 Å². The van der Waals surface area contributed by atoms with E-state index in [1.54, 1.807) is 25.1 Å². The van der Waals surface area contributed by atoms with E-state index in [1.165, 1.54) is 0 Å². The van der Waals surface area contributed by atoms with E-state index in [0.29, 0.717) is 21.4 Å². The van der Waals surface area contributed by atoms with Crippen molar-refractivity contribution in [3.63, 3.8) is 0 Å². The average Bonchev–Trinajstić information content (AvgIpc) is 2.48. The predicted molar refractivity (Wildman–Crippen MR) is 85.4 cm³/mol. The van der Waals surface area contributed by atoms with E-state index < -0.39 is 11.5 Å². The third-order valence-corrected chi connectivity index (χ3v) is 4.22. The number of nitrogens with zero attached hydrogens (tertiary/aromatic N) is 2. The number of nitrogens with one attached hydrogen (secondary N) is 1. The number of hydrogen-bond donors (Lipinski definition) is 2. The monoisotopic (exact) mass is 348 g/mol. The number of allylic oxidation sites excluding steroid dienone is 1. The molecule has 1 atom stereocenters. The number of ether oxygens (including phenoxy) is 1. The van der Waals surface area contributed by atoms with Crippen LogP contribution in [0.1, 0.15) is 22.9 Å². The van der Waals surface area contributed by atoms with Crippen LogP contribution in [0.2, 0.25) is 10.0 Å². The lowest BCUT2D eigenvalue weighted by Crippen LogP contribution is -2.29. The van der Waals surface area contributed by atoms with Crippen LogP contribution in [-0.2, 0) is 0 Å². The summed E-state index contributed by atoms with van der Waals surface area (Å²) in [4.78, 5) is 19.1. The summed E-state index contributed by atoms with van der Waals surface area (Å²) >= 11 is 12.0. The highest BCUT2D eigenvalue weighted by molar-refractivity contribution is 6.42. The van der Waals surface area contributed by atoms with Gasteiger partial charge >= 0.3 is 0 Å². The summed E-state index contributed by atoms with van der Waals surface area (Å²) in [6.45, 7) is 1.62. The Morgan fingerprint density at radius 3 is 2.78 bits per heavy atom. The van der Waals surface area contributed by atoms with Crippen LogP contribution in [0.25, 0.3) is 0 Å². The van der Waals surface area contributed by atoms with Crippen LogP contribution in [0, 0.1) is 18.3 Å². The van der Waals surface area contributed by atoms with Gasteiger partial charge in [0.15, 0.2) is 0 Å². The van der Waals surface area contributed by atoms with Crippen molar-refractivity contribution in [3.8, 4) is 11.9 Å². The number of nitrogens with two attached hydrogens (primary N) is 1. The molecule has 0 bridgehead atoms. The third-order valence-electron chi connectivity index (χ3n) is 3.49. The lowest BCUT2D eigenvalue weighted by molar-refractivity contribution is 0.373. The molecule has 116 valence electrons. The van der Waals surface area contributed by atoms with Gasteiger partial charge in [-0.05, 0) is 24.6 Å². The molecule has 0 unspecified atom stereocenters. The fourth-order valence-corrected chi connectivity index (χ4v) is 2.80. The molecule has 1 aliphatic rings. The van der Waals surface area contributed by atoms with Crippen LogP contribution in [0.4, 0.5) is 0 Å². The van der Waals surface area contributed by atoms with Gasteiger partial charge in [0, 0.05) is 0 Å². The molecule has 1 aliphatic heterocycles. The molecule has 0 saturated heterocycles. The van der Waals surface area contributed by atoms with Gasteiger partial charge in [0.1, 0.15) is 17.5 Å². The molecule has 3 N–H and O–H groups in total. The van der Waals surface area contributed by atoms with E-state index in [0.717, 1.165) is 0 Å². The number of halogens is 2. The zero-order valence-electron chi connectivity index (χ0n) is 11.9. The van der Waals surface area contributed by atoms with E-state index in [1.807, 2.05) is 6.07 Å². The van der Waals surface area contributed by atoms with Gasteiger partial charge in [-0.1, -0.05) is 29.3 Å². The highest BCUT2D eigenvalue weighted by atomic mass is 35.5. The second-order valence-corrected chi connectivity index (χ2v) is 5.78. The number of H-pyrrole nitrogens is 1. The van der Waals surface area contributed by atoms with Crippen LogP contribution >= 0.6 is 23.2 Å². The van der Waals surface area contributed by atoms with Crippen molar-refractivity contribution in [1.82, 2.24) is 9.97 Å². The van der Waals surface area contributed by atoms with E-state index in [9.17, 15) is 10.1 Å². The van der Waals surface area contributed by atoms with Gasteiger partial charge in [-0.2, -0.15) is 10.2 Å². The number of fused-ring (bicyclic) bond motifs is 1. The molecule has 1 aromatic carbocycles. The quantitative estimate of drug-likeness (QED) is 0.823. The molecule has 6 nitrogen and oxygen atoms in total. The molecule has 8 heteroatoms. The Labute approximate surface area is 141 Å². The summed E-state index contributed by atoms with van der Waals surface area (Å²) in [5.41, 5.74) is 6.35. The van der Waals surface area contributed by atoms with Crippen LogP contribution in [0.3, 0.4) is 0 Å². The molecule has 0 spiro atoms. The number of rotatable bonds is 1. The Morgan fingerprint density at radius 1 is 1.39 bits per heavy atom. The Kier molecular flexibility index (Phi) is 3.76. The van der Waals surface area contributed by atoms with Gasteiger partial charge in [0.05, 0.1) is 21.5 Å². The number of hydrogen-bond acceptors (Lipinski definition) is 5. The van der Waals surface area contributed by atoms with E-state index in [-0.39, 0.29) is 22.9 Å². The molecule has 0 amide bonds. The maximum Gasteiger partial charge on any atom is 0.258 e. The molecule has 2 aromatic rings. The smallest absolute Gasteiger partial charge is 0.258 e. The molecule has 3 rings (SSSR count). The maximum absolute atomic E-state index is 12.4. The number of aromatic amines is 1. The average molecular weight is 349 g/mol. The first kappa shape index (κ1) is 15.4. The summed E-state index contributed by atoms with van der Waals surface area (Å²) in [7, 11) is 0. The first-order chi connectivity index (χ1) is 10.9. The summed E-state index contributed by atoms with van der Waals surface area (Å²) < 4.78 is 5.35. The number of aryl methyl sites for hydroxylation is 1. The van der Waals surface area contributed by atoms with Gasteiger partial charge < -0.3 is 15.5 Å². The Bertz CT molecular complexity index is 943. The molecule has 0 radical (unpaired) electrons. The predicted octanol–water partition coefficient (Wildman–Crippen LogP) is 2.60. The summed E-state index contributed by atoms with van der Waals surface area (Å²) in [6, 6.07) is 6.85. The summed E-state index contributed by atoms with van der Waals surface area (Å²) in [6.07, 6.45) is 0. The maximum atomic E-state index is 12.4. The molecular formula is C15H10Cl2N4O2. The number of aromatic nitrogens is 2. The third kappa shape index (κ3) is 2.54. The second kappa shape index (κ2) is 5.61. The topological polar surface area (TPSA) is 105 Å². The lowest BCUT2D eigenvalue weighted by Gasteiger charge is -2.25. The Hall–Kier alpha value is -2.49. The highest BCUT2D eigenvalue weighted by Crippen LogP contribution is 2.40. The van der Waals surface area contributed by atoms with E-state index in [2.05, 4.69) is 9.97 Å². The molecule has 0 aliphatic carbocycles. The molecule has 1 aromatic heterocycles. The van der Waals surface area contributed by atoms with Crippen LogP contribution in [-0.4, -0.2) is 9.97 Å². The molecule has 0 saturated carbocycles. The van der Waals surface area contributed by atoms with Crippen molar-refractivity contribution in [3.05, 3.63) is 67.0 Å². The van der Waals surface area contributed by atoms with Crippen molar-refractivity contribution in [1.29, 1.82) is 5.26 Å². The van der Waals surface area contributed by atoms with Gasteiger partial charge in [0.25, 0.3) is 5.56 Å². The van der Waals surface area contributed by atoms with Crippen LogP contribution in [0.15, 0.2) is 34.4 Å². The van der Waals surface area contributed by atoms with Crippen molar-refractivity contribution in [2.45, 2.75) is 12.8 Å². The van der Waals surface area contributed by atoms with Crippen molar-refractivity contribution in [2.24, 2.45) is 5.73 Å². The standard InChI is InChI=1S/C15H10Cl2N4O2/c1-6-20-14(22)12-11(7-2-3-9(16)10(17)4-7)8(5-18)13(19)23-15(12)21-6/h2-4,11H,19H2,1H3,(H,20,21,22)/t11-/m1/s1. The fraction of sp³-hybridized carbons (Fsp3) is 0.133. The largest absolute Gasteiger partial charge is 0.422 e. The lowest BCUT2D eigenvalue weighted by atomic mass is 9.85. The first-order valence-corrected chi connectivity index (χ1v) is 7.31. The van der Waals surface area contributed by atoms with Crippen molar-refractivity contribution < 1.29 is 4.74 Å². The van der Waals surface area contributed by atoms with Gasteiger partial charge in [-0.15, -0.1) is 0 Å². The number of benzene rings is 1. The zero-order valence-corrected chi connectivity index (χ0v) is 13.4. The van der Waals surface area contributed by atoms with Gasteiger partial charge in [-0.3, -0.25) is 4.79 Å². The van der Waals surface area contributed by atoms with Gasteiger partial charge in [-0.25, -0.2) is 0 Å². The Balaban J connectivity index is 2.31. The second-order valence-electron chi connectivity index (χ2n) is 4.97. The molecule has 23 heavy (non-hydrogen) atoms. The summed E-state index contributed by atoms with van der Waals surface area (Å²) in [5, 5.41) is 10.1. The zero-order chi connectivity index (χ0) is 16.7. The molecular weight excluding hydrogens is 339 g/mol. The minimum absolute atomic E-state index is 0.0822. The minimum Gasteiger partial charge on any atom is -0.422 e. The minimum atomic E-state index is -0.727. The van der Waals surface area contributed by atoms with Crippen LogP contribution in [0.5, 0.6) is 5.88 Å².